The fourth-order valence-electron chi connectivity index (χ4n) is 3.41. The second kappa shape index (κ2) is 9.51. The Labute approximate surface area is 179 Å². The first kappa shape index (κ1) is 22.8. The van der Waals surface area contributed by atoms with E-state index in [0.29, 0.717) is 29.8 Å². The van der Waals surface area contributed by atoms with Crippen molar-refractivity contribution >= 4 is 12.1 Å². The molecular weight excluding hydrogens is 407 g/mol. The van der Waals surface area contributed by atoms with E-state index in [-0.39, 0.29) is 12.5 Å². The highest BCUT2D eigenvalue weighted by atomic mass is 19.4. The zero-order chi connectivity index (χ0) is 22.6. The van der Waals surface area contributed by atoms with Crippen molar-refractivity contribution in [2.24, 2.45) is 5.16 Å². The average molecular weight is 433 g/mol. The summed E-state index contributed by atoms with van der Waals surface area (Å²) in [6.45, 7) is 4.16. The summed E-state index contributed by atoms with van der Waals surface area (Å²) >= 11 is 0. The topological polar surface area (TPSA) is 53.9 Å². The third-order valence-electron chi connectivity index (χ3n) is 5.39. The van der Waals surface area contributed by atoms with Crippen LogP contribution in [0.4, 0.5) is 13.2 Å². The molecule has 0 spiro atoms. The first-order valence-corrected chi connectivity index (χ1v) is 10.1. The monoisotopic (exact) mass is 433 g/mol. The molecule has 8 heteroatoms. The smallest absolute Gasteiger partial charge is 0.391 e. The molecule has 31 heavy (non-hydrogen) atoms. The number of amides is 1. The van der Waals surface area contributed by atoms with Crippen molar-refractivity contribution in [1.29, 1.82) is 0 Å². The number of carbonyl (C=O) groups is 1. The Balaban J connectivity index is 1.74. The lowest BCUT2D eigenvalue weighted by Gasteiger charge is -2.16. The van der Waals surface area contributed by atoms with Crippen LogP contribution in [0.15, 0.2) is 41.6 Å². The first-order chi connectivity index (χ1) is 14.7. The number of rotatable bonds is 9. The van der Waals surface area contributed by atoms with E-state index < -0.39 is 11.7 Å². The Morgan fingerprint density at radius 1 is 1.29 bits per heavy atom. The molecular formula is C23H26F3N3O2. The quantitative estimate of drug-likeness (QED) is 0.347. The van der Waals surface area contributed by atoms with Crippen LogP contribution in [0, 0.1) is 6.92 Å². The predicted octanol–water partition coefficient (Wildman–Crippen LogP) is 4.92. The third-order valence-corrected chi connectivity index (χ3v) is 5.39. The Bertz CT molecular complexity index is 969. The summed E-state index contributed by atoms with van der Waals surface area (Å²) in [7, 11) is 1.61. The number of hydrogen-bond acceptors (Lipinski definition) is 4. The molecule has 1 saturated carbocycles. The molecule has 5 nitrogen and oxygen atoms in total. The Morgan fingerprint density at radius 3 is 2.68 bits per heavy atom. The van der Waals surface area contributed by atoms with Gasteiger partial charge in [0.05, 0.1) is 11.3 Å². The minimum atomic E-state index is -4.40. The fraction of sp³-hybridized carbons (Fsp3) is 0.391. The van der Waals surface area contributed by atoms with E-state index in [1.165, 1.54) is 5.01 Å². The van der Waals surface area contributed by atoms with Gasteiger partial charge in [-0.05, 0) is 66.5 Å². The Hall–Kier alpha value is -2.87. The highest BCUT2D eigenvalue weighted by Gasteiger charge is 2.38. The van der Waals surface area contributed by atoms with Crippen molar-refractivity contribution in [2.45, 2.75) is 51.9 Å². The summed E-state index contributed by atoms with van der Waals surface area (Å²) in [5.74, 6) is 0.00511. The molecule has 0 aromatic heterocycles. The number of benzene rings is 2. The molecule has 0 atom stereocenters. The maximum atomic E-state index is 13.5. The van der Waals surface area contributed by atoms with Gasteiger partial charge in [-0.2, -0.15) is 13.2 Å². The largest absolute Gasteiger partial charge is 0.416 e. The van der Waals surface area contributed by atoms with Crippen LogP contribution in [0.2, 0.25) is 0 Å². The number of nitrogens with zero attached hydrogens (tertiary/aromatic N) is 2. The first-order valence-electron chi connectivity index (χ1n) is 10.1. The maximum Gasteiger partial charge on any atom is 0.416 e. The lowest BCUT2D eigenvalue weighted by molar-refractivity contribution is -0.138. The molecule has 1 amide bonds. The summed E-state index contributed by atoms with van der Waals surface area (Å²) in [6.07, 6.45) is -2.13. The van der Waals surface area contributed by atoms with Crippen LogP contribution in [-0.2, 0) is 29.0 Å². The van der Waals surface area contributed by atoms with Crippen molar-refractivity contribution in [3.8, 4) is 0 Å². The van der Waals surface area contributed by atoms with Gasteiger partial charge in [-0.1, -0.05) is 35.5 Å². The minimum absolute atomic E-state index is 0.00511. The molecule has 0 unspecified atom stereocenters. The third kappa shape index (κ3) is 5.85. The van der Waals surface area contributed by atoms with E-state index >= 15 is 0 Å². The summed E-state index contributed by atoms with van der Waals surface area (Å²) in [5.41, 5.74) is 6.33. The molecule has 0 saturated heterocycles. The van der Waals surface area contributed by atoms with Gasteiger partial charge in [0.25, 0.3) is 0 Å². The van der Waals surface area contributed by atoms with Crippen LogP contribution in [-0.4, -0.2) is 24.2 Å². The SMILES string of the molecule is CC(=NOCc1c(C)cccc1CNN(C)C=O)c1ccc(C2CC2)c(C(F)(F)F)c1. The van der Waals surface area contributed by atoms with E-state index in [9.17, 15) is 18.0 Å². The van der Waals surface area contributed by atoms with Gasteiger partial charge in [-0.15, -0.1) is 0 Å². The van der Waals surface area contributed by atoms with E-state index in [1.807, 2.05) is 25.1 Å². The Morgan fingerprint density at radius 2 is 2.03 bits per heavy atom. The molecule has 3 rings (SSSR count). The van der Waals surface area contributed by atoms with E-state index in [2.05, 4.69) is 10.6 Å². The minimum Gasteiger partial charge on any atom is -0.391 e. The Kier molecular flexibility index (Phi) is 7.00. The number of alkyl halides is 3. The predicted molar refractivity (Wildman–Crippen MR) is 112 cm³/mol. The standard InChI is InChI=1S/C23H26F3N3O2/c1-15-5-4-6-19(12-27-29(3)14-30)21(15)13-31-28-16(2)18-9-10-20(17-7-8-17)22(11-18)23(24,25)26/h4-6,9-11,14,17,27H,7-8,12-13H2,1-3H3. The van der Waals surface area contributed by atoms with Gasteiger partial charge in [0.1, 0.15) is 6.61 Å². The molecule has 0 heterocycles. The number of hydrogen-bond donors (Lipinski definition) is 1. The summed E-state index contributed by atoms with van der Waals surface area (Å²) in [5, 5.41) is 5.38. The molecule has 0 radical (unpaired) electrons. The van der Waals surface area contributed by atoms with Crippen molar-refractivity contribution < 1.29 is 22.8 Å². The van der Waals surface area contributed by atoms with Crippen LogP contribution >= 0.6 is 0 Å². The number of aryl methyl sites for hydroxylation is 1. The van der Waals surface area contributed by atoms with Gasteiger partial charge in [-0.3, -0.25) is 9.80 Å². The second-order valence-electron chi connectivity index (χ2n) is 7.79. The molecule has 2 aromatic rings. The fourth-order valence-corrected chi connectivity index (χ4v) is 3.41. The second-order valence-corrected chi connectivity index (χ2v) is 7.79. The molecule has 1 aliphatic carbocycles. The molecule has 1 N–H and O–H groups in total. The van der Waals surface area contributed by atoms with Crippen LogP contribution in [0.1, 0.15) is 59.1 Å². The lowest BCUT2D eigenvalue weighted by atomic mass is 9.98. The molecule has 166 valence electrons. The van der Waals surface area contributed by atoms with E-state index in [1.54, 1.807) is 26.1 Å². The van der Waals surface area contributed by atoms with E-state index in [4.69, 9.17) is 4.84 Å². The zero-order valence-corrected chi connectivity index (χ0v) is 17.8. The van der Waals surface area contributed by atoms with Gasteiger partial charge in [0.15, 0.2) is 0 Å². The van der Waals surface area contributed by atoms with E-state index in [0.717, 1.165) is 35.6 Å². The lowest BCUT2D eigenvalue weighted by Crippen LogP contribution is -2.32. The van der Waals surface area contributed by atoms with Gasteiger partial charge in [0, 0.05) is 13.6 Å². The number of halogens is 3. The number of oxime groups is 1. The van der Waals surface area contributed by atoms with Gasteiger partial charge < -0.3 is 4.84 Å². The maximum absolute atomic E-state index is 13.5. The molecule has 0 bridgehead atoms. The highest BCUT2D eigenvalue weighted by Crippen LogP contribution is 2.46. The molecule has 2 aromatic carbocycles. The van der Waals surface area contributed by atoms with Crippen LogP contribution in [0.5, 0.6) is 0 Å². The molecule has 0 aliphatic heterocycles. The van der Waals surface area contributed by atoms with Crippen LogP contribution < -0.4 is 5.43 Å². The summed E-state index contributed by atoms with van der Waals surface area (Å²) < 4.78 is 40.5. The van der Waals surface area contributed by atoms with Crippen LogP contribution in [0.25, 0.3) is 0 Å². The van der Waals surface area contributed by atoms with Crippen LogP contribution in [0.3, 0.4) is 0 Å². The summed E-state index contributed by atoms with van der Waals surface area (Å²) in [4.78, 5) is 16.3. The number of nitrogens with one attached hydrogen (secondary N) is 1. The van der Waals surface area contributed by atoms with Gasteiger partial charge >= 0.3 is 6.18 Å². The normalized spacial score (nSPS) is 14.5. The van der Waals surface area contributed by atoms with Gasteiger partial charge in [-0.25, -0.2) is 5.43 Å². The highest BCUT2D eigenvalue weighted by molar-refractivity contribution is 5.98. The zero-order valence-electron chi connectivity index (χ0n) is 17.8. The average Bonchev–Trinajstić information content (AvgIpc) is 3.57. The molecule has 1 aliphatic rings. The molecule has 1 fully saturated rings. The van der Waals surface area contributed by atoms with Crippen molar-refractivity contribution in [1.82, 2.24) is 10.4 Å². The number of hydrazine groups is 1. The van der Waals surface area contributed by atoms with Crippen molar-refractivity contribution in [3.05, 3.63) is 69.8 Å². The van der Waals surface area contributed by atoms with Crippen molar-refractivity contribution in [2.75, 3.05) is 7.05 Å². The number of carbonyl (C=O) groups excluding carboxylic acids is 1. The van der Waals surface area contributed by atoms with Gasteiger partial charge in [0.2, 0.25) is 6.41 Å². The summed E-state index contributed by atoms with van der Waals surface area (Å²) in [6, 6.07) is 10.2. The van der Waals surface area contributed by atoms with Crippen molar-refractivity contribution in [3.63, 3.8) is 0 Å².